The van der Waals surface area contributed by atoms with Crippen LogP contribution in [0, 0.1) is 18.6 Å². The SMILES string of the molecule is CCNC(CCc1cccc(C)c1)c1cccc(F)c1F. The van der Waals surface area contributed by atoms with Crippen molar-refractivity contribution in [3.8, 4) is 0 Å². The van der Waals surface area contributed by atoms with Crippen LogP contribution in [0.5, 0.6) is 0 Å². The molecular formula is C18H21F2N. The van der Waals surface area contributed by atoms with Crippen LogP contribution in [0.25, 0.3) is 0 Å². The molecular weight excluding hydrogens is 268 g/mol. The molecule has 3 heteroatoms. The van der Waals surface area contributed by atoms with Crippen LogP contribution in [0.2, 0.25) is 0 Å². The highest BCUT2D eigenvalue weighted by molar-refractivity contribution is 5.25. The molecule has 1 N–H and O–H groups in total. The molecule has 0 aliphatic rings. The average Bonchev–Trinajstić information content (AvgIpc) is 2.47. The van der Waals surface area contributed by atoms with E-state index in [4.69, 9.17) is 0 Å². The highest BCUT2D eigenvalue weighted by Crippen LogP contribution is 2.23. The summed E-state index contributed by atoms with van der Waals surface area (Å²) in [5.74, 6) is -1.53. The van der Waals surface area contributed by atoms with Crippen molar-refractivity contribution in [2.24, 2.45) is 0 Å². The van der Waals surface area contributed by atoms with Crippen molar-refractivity contribution in [2.45, 2.75) is 32.7 Å². The predicted octanol–water partition coefficient (Wildman–Crippen LogP) is 4.56. The summed E-state index contributed by atoms with van der Waals surface area (Å²) in [6.07, 6.45) is 1.56. The zero-order valence-electron chi connectivity index (χ0n) is 12.5. The summed E-state index contributed by atoms with van der Waals surface area (Å²) in [7, 11) is 0. The van der Waals surface area contributed by atoms with Crippen molar-refractivity contribution in [1.29, 1.82) is 0 Å². The van der Waals surface area contributed by atoms with Gasteiger partial charge in [0.25, 0.3) is 0 Å². The molecule has 0 fully saturated rings. The zero-order chi connectivity index (χ0) is 15.2. The van der Waals surface area contributed by atoms with Gasteiger partial charge in [-0.3, -0.25) is 0 Å². The van der Waals surface area contributed by atoms with Gasteiger partial charge in [0, 0.05) is 11.6 Å². The number of hydrogen-bond donors (Lipinski definition) is 1. The van der Waals surface area contributed by atoms with E-state index in [1.54, 1.807) is 12.1 Å². The highest BCUT2D eigenvalue weighted by atomic mass is 19.2. The van der Waals surface area contributed by atoms with E-state index in [9.17, 15) is 8.78 Å². The topological polar surface area (TPSA) is 12.0 Å². The maximum absolute atomic E-state index is 13.9. The Morgan fingerprint density at radius 1 is 1.10 bits per heavy atom. The van der Waals surface area contributed by atoms with Crippen LogP contribution >= 0.6 is 0 Å². The summed E-state index contributed by atoms with van der Waals surface area (Å²) in [6, 6.07) is 12.5. The summed E-state index contributed by atoms with van der Waals surface area (Å²) in [6.45, 7) is 4.74. The molecule has 2 aromatic rings. The molecule has 2 aromatic carbocycles. The van der Waals surface area contributed by atoms with Crippen molar-refractivity contribution < 1.29 is 8.78 Å². The van der Waals surface area contributed by atoms with Gasteiger partial charge < -0.3 is 5.32 Å². The van der Waals surface area contributed by atoms with Gasteiger partial charge in [0.15, 0.2) is 11.6 Å². The van der Waals surface area contributed by atoms with Gasteiger partial charge in [0.2, 0.25) is 0 Å². The molecule has 0 aliphatic heterocycles. The first-order chi connectivity index (χ1) is 10.1. The van der Waals surface area contributed by atoms with Gasteiger partial charge in [-0.15, -0.1) is 0 Å². The van der Waals surface area contributed by atoms with Crippen molar-refractivity contribution in [3.05, 3.63) is 70.8 Å². The van der Waals surface area contributed by atoms with Gasteiger partial charge in [-0.2, -0.15) is 0 Å². The number of benzene rings is 2. The van der Waals surface area contributed by atoms with E-state index in [1.165, 1.54) is 11.1 Å². The van der Waals surface area contributed by atoms with Gasteiger partial charge in [-0.05, 0) is 37.9 Å². The highest BCUT2D eigenvalue weighted by Gasteiger charge is 2.17. The minimum atomic E-state index is -0.786. The largest absolute Gasteiger partial charge is 0.310 e. The van der Waals surface area contributed by atoms with Gasteiger partial charge in [0.05, 0.1) is 0 Å². The van der Waals surface area contributed by atoms with E-state index < -0.39 is 11.6 Å². The van der Waals surface area contributed by atoms with Gasteiger partial charge in [-0.25, -0.2) is 8.78 Å². The van der Waals surface area contributed by atoms with Crippen molar-refractivity contribution in [1.82, 2.24) is 5.32 Å². The van der Waals surface area contributed by atoms with E-state index >= 15 is 0 Å². The van der Waals surface area contributed by atoms with Crippen LogP contribution < -0.4 is 5.32 Å². The lowest BCUT2D eigenvalue weighted by atomic mass is 9.97. The second-order valence-electron chi connectivity index (χ2n) is 5.28. The van der Waals surface area contributed by atoms with E-state index in [-0.39, 0.29) is 6.04 Å². The second-order valence-corrected chi connectivity index (χ2v) is 5.28. The number of nitrogens with one attached hydrogen (secondary N) is 1. The Kier molecular flexibility index (Phi) is 5.45. The fourth-order valence-electron chi connectivity index (χ4n) is 2.58. The maximum Gasteiger partial charge on any atom is 0.163 e. The van der Waals surface area contributed by atoms with Crippen molar-refractivity contribution in [3.63, 3.8) is 0 Å². The fourth-order valence-corrected chi connectivity index (χ4v) is 2.58. The van der Waals surface area contributed by atoms with Gasteiger partial charge in [-0.1, -0.05) is 48.9 Å². The molecule has 2 rings (SSSR count). The molecule has 0 radical (unpaired) electrons. The Labute approximate surface area is 125 Å². The van der Waals surface area contributed by atoms with E-state index in [1.807, 2.05) is 13.0 Å². The molecule has 0 bridgehead atoms. The third kappa shape index (κ3) is 4.11. The molecule has 1 nitrogen and oxygen atoms in total. The molecule has 112 valence electrons. The first kappa shape index (κ1) is 15.6. The fraction of sp³-hybridized carbons (Fsp3) is 0.333. The minimum Gasteiger partial charge on any atom is -0.310 e. The molecule has 0 heterocycles. The van der Waals surface area contributed by atoms with Crippen LogP contribution in [0.4, 0.5) is 8.78 Å². The minimum absolute atomic E-state index is 0.175. The average molecular weight is 289 g/mol. The number of aryl methyl sites for hydroxylation is 2. The Morgan fingerprint density at radius 2 is 1.86 bits per heavy atom. The first-order valence-corrected chi connectivity index (χ1v) is 7.34. The van der Waals surface area contributed by atoms with Gasteiger partial charge >= 0.3 is 0 Å². The van der Waals surface area contributed by atoms with Gasteiger partial charge in [0.1, 0.15) is 0 Å². The van der Waals surface area contributed by atoms with Crippen LogP contribution in [0.3, 0.4) is 0 Å². The molecule has 1 atom stereocenters. The lowest BCUT2D eigenvalue weighted by Crippen LogP contribution is -2.23. The summed E-state index contributed by atoms with van der Waals surface area (Å²) >= 11 is 0. The molecule has 0 saturated heterocycles. The third-order valence-corrected chi connectivity index (χ3v) is 3.61. The predicted molar refractivity (Wildman–Crippen MR) is 82.3 cm³/mol. The maximum atomic E-state index is 13.9. The van der Waals surface area contributed by atoms with Crippen LogP contribution in [-0.4, -0.2) is 6.54 Å². The number of halogens is 2. The van der Waals surface area contributed by atoms with Crippen molar-refractivity contribution >= 4 is 0 Å². The lowest BCUT2D eigenvalue weighted by Gasteiger charge is -2.19. The summed E-state index contributed by atoms with van der Waals surface area (Å²) < 4.78 is 27.3. The standard InChI is InChI=1S/C18H21F2N/c1-3-21-17(15-8-5-9-16(19)18(15)20)11-10-14-7-4-6-13(2)12-14/h4-9,12,17,21H,3,10-11H2,1-2H3. The quantitative estimate of drug-likeness (QED) is 0.822. The summed E-state index contributed by atoms with van der Waals surface area (Å²) in [4.78, 5) is 0. The normalized spacial score (nSPS) is 12.4. The molecule has 0 aliphatic carbocycles. The van der Waals surface area contributed by atoms with Crippen LogP contribution in [-0.2, 0) is 6.42 Å². The van der Waals surface area contributed by atoms with E-state index in [2.05, 4.69) is 30.4 Å². The first-order valence-electron chi connectivity index (χ1n) is 7.34. The zero-order valence-corrected chi connectivity index (χ0v) is 12.5. The molecule has 1 unspecified atom stereocenters. The van der Waals surface area contributed by atoms with Crippen LogP contribution in [0.15, 0.2) is 42.5 Å². The Balaban J connectivity index is 2.14. The summed E-state index contributed by atoms with van der Waals surface area (Å²) in [5, 5.41) is 3.25. The van der Waals surface area contributed by atoms with E-state index in [0.29, 0.717) is 12.1 Å². The summed E-state index contributed by atoms with van der Waals surface area (Å²) in [5.41, 5.74) is 2.84. The third-order valence-electron chi connectivity index (χ3n) is 3.61. The lowest BCUT2D eigenvalue weighted by molar-refractivity contribution is 0.452. The number of hydrogen-bond acceptors (Lipinski definition) is 1. The Hall–Kier alpha value is -1.74. The Bertz CT molecular complexity index is 596. The Morgan fingerprint density at radius 3 is 2.57 bits per heavy atom. The molecule has 21 heavy (non-hydrogen) atoms. The molecule has 0 aromatic heterocycles. The second kappa shape index (κ2) is 7.32. The molecule has 0 amide bonds. The number of rotatable bonds is 6. The monoisotopic (exact) mass is 289 g/mol. The van der Waals surface area contributed by atoms with E-state index in [0.717, 1.165) is 18.9 Å². The molecule has 0 saturated carbocycles. The van der Waals surface area contributed by atoms with Crippen molar-refractivity contribution in [2.75, 3.05) is 6.54 Å². The van der Waals surface area contributed by atoms with Crippen LogP contribution in [0.1, 0.15) is 36.1 Å². The smallest absolute Gasteiger partial charge is 0.163 e. The molecule has 0 spiro atoms.